The lowest BCUT2D eigenvalue weighted by molar-refractivity contribution is -0.278. The second kappa shape index (κ2) is 12.1. The predicted octanol–water partition coefficient (Wildman–Crippen LogP) is 5.32. The fourth-order valence-electron chi connectivity index (χ4n) is 3.29. The van der Waals surface area contributed by atoms with Crippen molar-refractivity contribution >= 4 is 18.0 Å². The molecule has 0 aliphatic heterocycles. The van der Waals surface area contributed by atoms with E-state index in [1.54, 1.807) is 39.0 Å². The van der Waals surface area contributed by atoms with Crippen molar-refractivity contribution in [3.63, 3.8) is 0 Å². The largest absolute Gasteiger partial charge is 0.493 e. The second-order valence-electron chi connectivity index (χ2n) is 9.01. The van der Waals surface area contributed by atoms with E-state index in [4.69, 9.17) is 23.7 Å². The lowest BCUT2D eigenvalue weighted by Gasteiger charge is -2.33. The number of rotatable bonds is 10. The molecule has 0 bridgehead atoms. The van der Waals surface area contributed by atoms with Crippen molar-refractivity contribution in [1.29, 1.82) is 0 Å². The molecule has 0 spiro atoms. The number of hydrogen-bond donors (Lipinski definition) is 0. The van der Waals surface area contributed by atoms with Crippen LogP contribution < -0.4 is 9.47 Å². The zero-order valence-corrected chi connectivity index (χ0v) is 21.5. The summed E-state index contributed by atoms with van der Waals surface area (Å²) in [6, 6.07) is 11.4. The Hall–Kier alpha value is -3.53. The van der Waals surface area contributed by atoms with Crippen LogP contribution in [0.5, 0.6) is 11.5 Å². The molecule has 0 amide bonds. The summed E-state index contributed by atoms with van der Waals surface area (Å²) in [5.41, 5.74) is -4.16. The molecule has 202 valence electrons. The fourth-order valence-corrected chi connectivity index (χ4v) is 3.29. The first-order valence-corrected chi connectivity index (χ1v) is 11.3. The molecule has 0 aromatic heterocycles. The molecule has 2 aromatic carbocycles. The van der Waals surface area contributed by atoms with Crippen molar-refractivity contribution in [2.45, 2.75) is 38.7 Å². The summed E-state index contributed by atoms with van der Waals surface area (Å²) in [4.78, 5) is 25.4. The third kappa shape index (κ3) is 7.03. The minimum Gasteiger partial charge on any atom is -0.493 e. The Bertz CT molecular complexity index is 1090. The zero-order valence-electron chi connectivity index (χ0n) is 21.5. The highest BCUT2D eigenvalue weighted by molar-refractivity contribution is 5.83. The Morgan fingerprint density at radius 1 is 0.892 bits per heavy atom. The van der Waals surface area contributed by atoms with E-state index in [9.17, 15) is 22.8 Å². The molecule has 7 nitrogen and oxygen atoms in total. The second-order valence-corrected chi connectivity index (χ2v) is 9.01. The minimum atomic E-state index is -5.15. The molecule has 10 heteroatoms. The predicted molar refractivity (Wildman–Crippen MR) is 130 cm³/mol. The Kier molecular flexibility index (Phi) is 9.74. The highest BCUT2D eigenvalue weighted by Crippen LogP contribution is 2.43. The molecule has 0 heterocycles. The molecule has 0 saturated carbocycles. The molecule has 2 rings (SSSR count). The van der Waals surface area contributed by atoms with E-state index < -0.39 is 47.4 Å². The van der Waals surface area contributed by atoms with Crippen molar-refractivity contribution in [2.75, 3.05) is 27.9 Å². The van der Waals surface area contributed by atoms with E-state index in [0.717, 1.165) is 19.2 Å². The molecular formula is C27H31F3O7. The van der Waals surface area contributed by atoms with Gasteiger partial charge in [-0.05, 0) is 44.5 Å². The SMILES string of the molecule is COc1ccc(/C=C/C(COC(=O)C(C)(C)C)OC(=O)[C@](OC)(c2ccccc2)C(F)(F)F)cc1OC. The summed E-state index contributed by atoms with van der Waals surface area (Å²) >= 11 is 0. The van der Waals surface area contributed by atoms with Crippen molar-refractivity contribution in [1.82, 2.24) is 0 Å². The van der Waals surface area contributed by atoms with Gasteiger partial charge in [-0.1, -0.05) is 42.5 Å². The summed E-state index contributed by atoms with van der Waals surface area (Å²) in [6.07, 6.45) is -3.71. The van der Waals surface area contributed by atoms with E-state index >= 15 is 0 Å². The van der Waals surface area contributed by atoms with Gasteiger partial charge >= 0.3 is 18.1 Å². The molecule has 0 N–H and O–H groups in total. The fraction of sp³-hybridized carbons (Fsp3) is 0.407. The quantitative estimate of drug-likeness (QED) is 0.389. The van der Waals surface area contributed by atoms with Gasteiger partial charge in [0.15, 0.2) is 17.6 Å². The van der Waals surface area contributed by atoms with Crippen LogP contribution >= 0.6 is 0 Å². The molecule has 0 radical (unpaired) electrons. The monoisotopic (exact) mass is 524 g/mol. The van der Waals surface area contributed by atoms with Crippen LogP contribution in [0.3, 0.4) is 0 Å². The van der Waals surface area contributed by atoms with Gasteiger partial charge in [0.2, 0.25) is 0 Å². The van der Waals surface area contributed by atoms with Gasteiger partial charge in [-0.2, -0.15) is 13.2 Å². The highest BCUT2D eigenvalue weighted by Gasteiger charge is 2.64. The Morgan fingerprint density at radius 3 is 2.03 bits per heavy atom. The van der Waals surface area contributed by atoms with Gasteiger partial charge in [0.05, 0.1) is 19.6 Å². The van der Waals surface area contributed by atoms with Crippen LogP contribution in [0.25, 0.3) is 6.08 Å². The lowest BCUT2D eigenvalue weighted by Crippen LogP contribution is -2.52. The first-order valence-electron chi connectivity index (χ1n) is 11.3. The Labute approximate surface area is 214 Å². The van der Waals surface area contributed by atoms with Crippen LogP contribution in [0.15, 0.2) is 54.6 Å². The normalized spacial score (nSPS) is 14.5. The van der Waals surface area contributed by atoms with Crippen molar-refractivity contribution in [2.24, 2.45) is 5.41 Å². The number of halogens is 3. The van der Waals surface area contributed by atoms with E-state index in [1.165, 1.54) is 44.6 Å². The zero-order chi connectivity index (χ0) is 27.9. The number of benzene rings is 2. The number of carbonyl (C=O) groups excluding carboxylic acids is 2. The minimum absolute atomic E-state index is 0.414. The van der Waals surface area contributed by atoms with Crippen LogP contribution in [0.2, 0.25) is 0 Å². The van der Waals surface area contributed by atoms with Gasteiger partial charge < -0.3 is 23.7 Å². The maximum absolute atomic E-state index is 14.3. The van der Waals surface area contributed by atoms with Gasteiger partial charge in [0.25, 0.3) is 5.60 Å². The number of ether oxygens (including phenoxy) is 5. The smallest absolute Gasteiger partial charge is 0.432 e. The first kappa shape index (κ1) is 29.7. The molecule has 37 heavy (non-hydrogen) atoms. The molecule has 1 unspecified atom stereocenters. The van der Waals surface area contributed by atoms with Gasteiger partial charge in [0, 0.05) is 12.7 Å². The third-order valence-electron chi connectivity index (χ3n) is 5.33. The maximum atomic E-state index is 14.3. The van der Waals surface area contributed by atoms with Crippen molar-refractivity contribution in [3.8, 4) is 11.5 Å². The van der Waals surface area contributed by atoms with Crippen molar-refractivity contribution < 1.29 is 46.4 Å². The third-order valence-corrected chi connectivity index (χ3v) is 5.33. The molecular weight excluding hydrogens is 493 g/mol. The van der Waals surface area contributed by atoms with Crippen molar-refractivity contribution in [3.05, 3.63) is 65.7 Å². The summed E-state index contributed by atoms with van der Waals surface area (Å²) in [7, 11) is 3.70. The first-order chi connectivity index (χ1) is 17.3. The van der Waals surface area contributed by atoms with E-state index in [0.29, 0.717) is 17.1 Å². The van der Waals surface area contributed by atoms with E-state index in [2.05, 4.69) is 0 Å². The van der Waals surface area contributed by atoms with Gasteiger partial charge in [0.1, 0.15) is 6.61 Å². The van der Waals surface area contributed by atoms with Gasteiger partial charge in [-0.15, -0.1) is 0 Å². The van der Waals surface area contributed by atoms with Gasteiger partial charge in [-0.25, -0.2) is 4.79 Å². The molecule has 0 saturated heterocycles. The molecule has 0 aliphatic carbocycles. The average Bonchev–Trinajstić information content (AvgIpc) is 2.85. The van der Waals surface area contributed by atoms with Crippen LogP contribution in [0.1, 0.15) is 31.9 Å². The Morgan fingerprint density at radius 2 is 1.51 bits per heavy atom. The highest BCUT2D eigenvalue weighted by atomic mass is 19.4. The number of alkyl halides is 3. The molecule has 2 aromatic rings. The topological polar surface area (TPSA) is 80.3 Å². The van der Waals surface area contributed by atoms with E-state index in [-0.39, 0.29) is 0 Å². The lowest BCUT2D eigenvalue weighted by atomic mass is 9.92. The maximum Gasteiger partial charge on any atom is 0.432 e. The summed E-state index contributed by atoms with van der Waals surface area (Å²) in [6.45, 7) is 4.33. The summed E-state index contributed by atoms with van der Waals surface area (Å²) < 4.78 is 68.6. The standard InChI is InChI=1S/C27H31F3O7/c1-25(2,3)23(31)36-17-20(14-12-18-13-15-21(33-4)22(16-18)34-5)37-24(32)26(35-6,27(28,29)30)19-10-8-7-9-11-19/h7-16,20H,17H2,1-6H3/b14-12+/t20?,26-/m1/s1. The van der Waals surface area contributed by atoms with Gasteiger partial charge in [-0.3, -0.25) is 4.79 Å². The number of carbonyl (C=O) groups is 2. The number of methoxy groups -OCH3 is 3. The number of hydrogen-bond acceptors (Lipinski definition) is 7. The number of esters is 2. The summed E-state index contributed by atoms with van der Waals surface area (Å²) in [5, 5.41) is 0. The van der Waals surface area contributed by atoms with Crippen LogP contribution in [0, 0.1) is 5.41 Å². The molecule has 0 aliphatic rings. The molecule has 0 fully saturated rings. The Balaban J connectivity index is 2.44. The van der Waals surface area contributed by atoms with Crippen LogP contribution in [-0.2, 0) is 29.4 Å². The van der Waals surface area contributed by atoms with Crippen LogP contribution in [-0.4, -0.2) is 52.2 Å². The van der Waals surface area contributed by atoms with Crippen LogP contribution in [0.4, 0.5) is 13.2 Å². The molecule has 2 atom stereocenters. The van der Waals surface area contributed by atoms with E-state index in [1.807, 2.05) is 0 Å². The average molecular weight is 525 g/mol. The summed E-state index contributed by atoms with van der Waals surface area (Å²) in [5.74, 6) is -1.44.